The van der Waals surface area contributed by atoms with Gasteiger partial charge >= 0.3 is 12.1 Å². The minimum Gasteiger partial charge on any atom is -0.444 e. The summed E-state index contributed by atoms with van der Waals surface area (Å²) in [6.45, 7) is 6.70. The van der Waals surface area contributed by atoms with Crippen LogP contribution in [0.1, 0.15) is 38.8 Å². The van der Waals surface area contributed by atoms with Gasteiger partial charge in [-0.05, 0) is 56.2 Å². The number of hydrogen-bond acceptors (Lipinski definition) is 7. The van der Waals surface area contributed by atoms with E-state index in [1.165, 1.54) is 13.1 Å². The van der Waals surface area contributed by atoms with Gasteiger partial charge in [-0.3, -0.25) is 9.59 Å². The van der Waals surface area contributed by atoms with Crippen LogP contribution in [0.3, 0.4) is 0 Å². The van der Waals surface area contributed by atoms with E-state index < -0.39 is 29.6 Å². The fraction of sp³-hybridized carbons (Fsp3) is 0.333. The van der Waals surface area contributed by atoms with Crippen molar-refractivity contribution in [2.75, 3.05) is 6.61 Å². The summed E-state index contributed by atoms with van der Waals surface area (Å²) >= 11 is 0. The Kier molecular flexibility index (Phi) is 9.56. The molecule has 9 heteroatoms. The lowest BCUT2D eigenvalue weighted by Gasteiger charge is -2.22. The maximum atomic E-state index is 12.6. The second-order valence-electron chi connectivity index (χ2n) is 8.10. The van der Waals surface area contributed by atoms with Gasteiger partial charge in [-0.15, -0.1) is 0 Å². The Morgan fingerprint density at radius 3 is 2.30 bits per heavy atom. The lowest BCUT2D eigenvalue weighted by atomic mass is 10.2. The molecule has 0 aromatic heterocycles. The van der Waals surface area contributed by atoms with Gasteiger partial charge in [0.05, 0.1) is 19.4 Å². The molecule has 0 heterocycles. The first-order valence-corrected chi connectivity index (χ1v) is 10.3. The van der Waals surface area contributed by atoms with Gasteiger partial charge in [-0.2, -0.15) is 5.10 Å². The molecule has 0 aliphatic rings. The number of hydrazone groups is 1. The van der Waals surface area contributed by atoms with Crippen LogP contribution >= 0.6 is 0 Å². The number of ether oxygens (including phenoxy) is 3. The SMILES string of the molecule is CC(=O)Oc1ccc(/C=N\NC(=O)[C@H](COCc2ccccc2)NC(=O)OC(C)(C)C)cc1. The number of hydrogen-bond donors (Lipinski definition) is 2. The van der Waals surface area contributed by atoms with Gasteiger partial charge in [0, 0.05) is 6.92 Å². The topological polar surface area (TPSA) is 115 Å². The highest BCUT2D eigenvalue weighted by Gasteiger charge is 2.24. The zero-order valence-corrected chi connectivity index (χ0v) is 19.2. The Bertz CT molecular complexity index is 952. The van der Waals surface area contributed by atoms with Crippen molar-refractivity contribution in [3.05, 3.63) is 65.7 Å². The third-order valence-corrected chi connectivity index (χ3v) is 3.93. The Morgan fingerprint density at radius 2 is 1.70 bits per heavy atom. The van der Waals surface area contributed by atoms with Gasteiger partial charge < -0.3 is 19.5 Å². The third kappa shape index (κ3) is 10.4. The number of carbonyl (C=O) groups excluding carboxylic acids is 3. The van der Waals surface area contributed by atoms with E-state index in [1.807, 2.05) is 30.3 Å². The van der Waals surface area contributed by atoms with Crippen molar-refractivity contribution >= 4 is 24.2 Å². The van der Waals surface area contributed by atoms with Gasteiger partial charge in [0.25, 0.3) is 5.91 Å². The highest BCUT2D eigenvalue weighted by Crippen LogP contribution is 2.11. The third-order valence-electron chi connectivity index (χ3n) is 3.93. The maximum Gasteiger partial charge on any atom is 0.408 e. The van der Waals surface area contributed by atoms with E-state index in [1.54, 1.807) is 45.0 Å². The van der Waals surface area contributed by atoms with Crippen LogP contribution < -0.4 is 15.5 Å². The minimum atomic E-state index is -1.02. The predicted molar refractivity (Wildman–Crippen MR) is 123 cm³/mol. The highest BCUT2D eigenvalue weighted by atomic mass is 16.6. The quantitative estimate of drug-likeness (QED) is 0.260. The first-order valence-electron chi connectivity index (χ1n) is 10.3. The zero-order valence-electron chi connectivity index (χ0n) is 19.2. The smallest absolute Gasteiger partial charge is 0.408 e. The van der Waals surface area contributed by atoms with Gasteiger partial charge in [-0.1, -0.05) is 30.3 Å². The number of rotatable bonds is 9. The van der Waals surface area contributed by atoms with Crippen LogP contribution in [0.5, 0.6) is 5.75 Å². The summed E-state index contributed by atoms with van der Waals surface area (Å²) in [4.78, 5) is 35.8. The molecule has 0 saturated carbocycles. The van der Waals surface area contributed by atoms with Crippen molar-refractivity contribution in [2.45, 2.75) is 45.9 Å². The normalized spacial score (nSPS) is 12.1. The van der Waals surface area contributed by atoms with Crippen molar-refractivity contribution in [3.8, 4) is 5.75 Å². The number of esters is 1. The number of carbonyl (C=O) groups is 3. The Hall–Kier alpha value is -3.72. The zero-order chi connectivity index (χ0) is 24.3. The van der Waals surface area contributed by atoms with E-state index in [2.05, 4.69) is 15.8 Å². The van der Waals surface area contributed by atoms with Crippen LogP contribution in [0, 0.1) is 0 Å². The van der Waals surface area contributed by atoms with Crippen molar-refractivity contribution in [1.29, 1.82) is 0 Å². The van der Waals surface area contributed by atoms with Gasteiger partial charge in [0.1, 0.15) is 17.4 Å². The summed E-state index contributed by atoms with van der Waals surface area (Å²) in [6, 6.07) is 15.0. The second kappa shape index (κ2) is 12.4. The van der Waals surface area contributed by atoms with Gasteiger partial charge in [0.2, 0.25) is 0 Å². The van der Waals surface area contributed by atoms with Crippen molar-refractivity contribution < 1.29 is 28.6 Å². The van der Waals surface area contributed by atoms with E-state index in [4.69, 9.17) is 14.2 Å². The molecule has 2 amide bonds. The van der Waals surface area contributed by atoms with E-state index in [0.29, 0.717) is 11.3 Å². The van der Waals surface area contributed by atoms with E-state index in [9.17, 15) is 14.4 Å². The van der Waals surface area contributed by atoms with Crippen LogP contribution in [0.15, 0.2) is 59.7 Å². The van der Waals surface area contributed by atoms with Crippen LogP contribution in [-0.2, 0) is 25.7 Å². The largest absolute Gasteiger partial charge is 0.444 e. The van der Waals surface area contributed by atoms with Gasteiger partial charge in [0.15, 0.2) is 0 Å². The molecule has 0 fully saturated rings. The average molecular weight is 456 g/mol. The lowest BCUT2D eigenvalue weighted by Crippen LogP contribution is -2.49. The number of nitrogens with one attached hydrogen (secondary N) is 2. The molecule has 0 aliphatic heterocycles. The molecule has 1 atom stereocenters. The molecule has 0 spiro atoms. The monoisotopic (exact) mass is 455 g/mol. The van der Waals surface area contributed by atoms with E-state index >= 15 is 0 Å². The number of alkyl carbamates (subject to hydrolysis) is 1. The molecule has 0 saturated heterocycles. The number of amides is 2. The molecular weight excluding hydrogens is 426 g/mol. The van der Waals surface area contributed by atoms with E-state index in [0.717, 1.165) is 5.56 Å². The first-order chi connectivity index (χ1) is 15.6. The summed E-state index contributed by atoms with van der Waals surface area (Å²) < 4.78 is 15.8. The number of benzene rings is 2. The van der Waals surface area contributed by atoms with Crippen LogP contribution in [0.2, 0.25) is 0 Å². The van der Waals surface area contributed by atoms with Gasteiger partial charge in [-0.25, -0.2) is 10.2 Å². The molecule has 0 unspecified atom stereocenters. The molecule has 0 bridgehead atoms. The molecule has 2 N–H and O–H groups in total. The molecule has 2 rings (SSSR count). The fourth-order valence-electron chi connectivity index (χ4n) is 2.54. The Morgan fingerprint density at radius 1 is 1.03 bits per heavy atom. The maximum absolute atomic E-state index is 12.6. The average Bonchev–Trinajstić information content (AvgIpc) is 2.73. The standard InChI is InChI=1S/C24H29N3O6/c1-17(28)32-20-12-10-18(11-13-20)14-25-27-22(29)21(26-23(30)33-24(2,3)4)16-31-15-19-8-6-5-7-9-19/h5-14,21H,15-16H2,1-4H3,(H,26,30)(H,27,29)/b25-14-/t21-/m0/s1. The van der Waals surface area contributed by atoms with E-state index in [-0.39, 0.29) is 13.2 Å². The van der Waals surface area contributed by atoms with Crippen molar-refractivity contribution in [1.82, 2.24) is 10.7 Å². The molecule has 0 radical (unpaired) electrons. The van der Waals surface area contributed by atoms with Crippen LogP contribution in [0.4, 0.5) is 4.79 Å². The first kappa shape index (κ1) is 25.5. The second-order valence-corrected chi connectivity index (χ2v) is 8.10. The molecule has 9 nitrogen and oxygen atoms in total. The molecule has 2 aromatic carbocycles. The molecule has 33 heavy (non-hydrogen) atoms. The molecule has 176 valence electrons. The Labute approximate surface area is 193 Å². The predicted octanol–water partition coefficient (Wildman–Crippen LogP) is 3.17. The lowest BCUT2D eigenvalue weighted by molar-refractivity contribution is -0.132. The fourth-order valence-corrected chi connectivity index (χ4v) is 2.54. The highest BCUT2D eigenvalue weighted by molar-refractivity contribution is 5.87. The molecule has 0 aliphatic carbocycles. The molecular formula is C24H29N3O6. The summed E-state index contributed by atoms with van der Waals surface area (Å²) in [5.74, 6) is -0.579. The van der Waals surface area contributed by atoms with Crippen LogP contribution in [-0.4, -0.2) is 42.4 Å². The molecule has 2 aromatic rings. The van der Waals surface area contributed by atoms with Crippen molar-refractivity contribution in [2.24, 2.45) is 5.10 Å². The summed E-state index contributed by atoms with van der Waals surface area (Å²) in [6.07, 6.45) is 0.682. The number of nitrogens with zero attached hydrogens (tertiary/aromatic N) is 1. The minimum absolute atomic E-state index is 0.0768. The van der Waals surface area contributed by atoms with Crippen molar-refractivity contribution in [3.63, 3.8) is 0 Å². The summed E-state index contributed by atoms with van der Waals surface area (Å²) in [5, 5.41) is 6.43. The van der Waals surface area contributed by atoms with Crippen LogP contribution in [0.25, 0.3) is 0 Å². The summed E-state index contributed by atoms with van der Waals surface area (Å²) in [7, 11) is 0. The Balaban J connectivity index is 1.96. The summed E-state index contributed by atoms with van der Waals surface area (Å²) in [5.41, 5.74) is 3.28.